The van der Waals surface area contributed by atoms with Crippen molar-refractivity contribution >= 4 is 11.6 Å². The van der Waals surface area contributed by atoms with E-state index in [0.29, 0.717) is 23.6 Å². The van der Waals surface area contributed by atoms with Gasteiger partial charge in [-0.1, -0.05) is 23.4 Å². The smallest absolute Gasteiger partial charge is 0.265 e. The summed E-state index contributed by atoms with van der Waals surface area (Å²) in [7, 11) is 0. The van der Waals surface area contributed by atoms with E-state index < -0.39 is 6.10 Å². The van der Waals surface area contributed by atoms with E-state index >= 15 is 0 Å². The summed E-state index contributed by atoms with van der Waals surface area (Å²) in [6, 6.07) is 7.68. The lowest BCUT2D eigenvalue weighted by molar-refractivity contribution is -0.122. The van der Waals surface area contributed by atoms with Gasteiger partial charge in [-0.05, 0) is 25.5 Å². The maximum absolute atomic E-state index is 12.2. The van der Waals surface area contributed by atoms with Gasteiger partial charge in [-0.25, -0.2) is 0 Å². The van der Waals surface area contributed by atoms with Gasteiger partial charge in [0, 0.05) is 6.42 Å². The number of carbonyl (C=O) groups is 1. The van der Waals surface area contributed by atoms with E-state index in [2.05, 4.69) is 10.5 Å². The molecule has 1 aliphatic rings. The van der Waals surface area contributed by atoms with Crippen LogP contribution in [0.1, 0.15) is 17.0 Å². The molecule has 1 N–H and O–H groups in total. The van der Waals surface area contributed by atoms with Crippen molar-refractivity contribution < 1.29 is 14.1 Å². The van der Waals surface area contributed by atoms with Gasteiger partial charge >= 0.3 is 0 Å². The summed E-state index contributed by atoms with van der Waals surface area (Å²) in [5.74, 6) is 1.20. The summed E-state index contributed by atoms with van der Waals surface area (Å²) in [5.41, 5.74) is 2.35. The molecule has 1 aromatic heterocycles. The van der Waals surface area contributed by atoms with Crippen molar-refractivity contribution in [2.45, 2.75) is 26.4 Å². The third kappa shape index (κ3) is 2.07. The lowest BCUT2D eigenvalue weighted by atomic mass is 10.1. The van der Waals surface area contributed by atoms with E-state index in [4.69, 9.17) is 9.26 Å². The molecule has 0 saturated heterocycles. The Morgan fingerprint density at radius 1 is 1.37 bits per heavy atom. The molecule has 1 atom stereocenters. The number of benzene rings is 1. The van der Waals surface area contributed by atoms with Crippen molar-refractivity contribution in [1.82, 2.24) is 5.16 Å². The first-order valence-electron chi connectivity index (χ1n) is 6.13. The van der Waals surface area contributed by atoms with Gasteiger partial charge in [0.05, 0.1) is 0 Å². The van der Waals surface area contributed by atoms with Gasteiger partial charge in [0.25, 0.3) is 5.91 Å². The minimum absolute atomic E-state index is 0.175. The fourth-order valence-corrected chi connectivity index (χ4v) is 2.19. The summed E-state index contributed by atoms with van der Waals surface area (Å²) in [6.07, 6.45) is 0.0943. The second-order valence-corrected chi connectivity index (χ2v) is 4.61. The SMILES string of the molecule is Cc1noc(C)c1NC(=O)[C@@H]1Cc2ccccc2O1. The Morgan fingerprint density at radius 3 is 2.84 bits per heavy atom. The average Bonchev–Trinajstić information content (AvgIpc) is 2.97. The van der Waals surface area contributed by atoms with Crippen LogP contribution in [0.3, 0.4) is 0 Å². The maximum Gasteiger partial charge on any atom is 0.265 e. The number of rotatable bonds is 2. The number of aryl methyl sites for hydroxylation is 2. The number of aromatic nitrogens is 1. The molecule has 98 valence electrons. The van der Waals surface area contributed by atoms with E-state index in [0.717, 1.165) is 11.3 Å². The number of fused-ring (bicyclic) bond motifs is 1. The molecule has 1 aliphatic heterocycles. The van der Waals surface area contributed by atoms with E-state index in [1.54, 1.807) is 13.8 Å². The second kappa shape index (κ2) is 4.42. The van der Waals surface area contributed by atoms with E-state index in [9.17, 15) is 4.79 Å². The van der Waals surface area contributed by atoms with Crippen LogP contribution in [0.4, 0.5) is 5.69 Å². The number of amides is 1. The molecule has 0 aliphatic carbocycles. The standard InChI is InChI=1S/C14H14N2O3/c1-8-13(9(2)19-16-8)15-14(17)12-7-10-5-3-4-6-11(10)18-12/h3-6,12H,7H2,1-2H3,(H,15,17)/t12-/m0/s1. The first kappa shape index (κ1) is 11.8. The Hall–Kier alpha value is -2.30. The number of para-hydroxylation sites is 1. The number of carbonyl (C=O) groups excluding carboxylic acids is 1. The van der Waals surface area contributed by atoms with Crippen LogP contribution in [0.2, 0.25) is 0 Å². The van der Waals surface area contributed by atoms with Crippen molar-refractivity contribution in [3.05, 3.63) is 41.3 Å². The van der Waals surface area contributed by atoms with Crippen LogP contribution in [0.5, 0.6) is 5.75 Å². The van der Waals surface area contributed by atoms with Gasteiger partial charge in [0.15, 0.2) is 11.9 Å². The molecule has 5 heteroatoms. The van der Waals surface area contributed by atoms with Crippen LogP contribution >= 0.6 is 0 Å². The number of nitrogens with one attached hydrogen (secondary N) is 1. The molecule has 0 radical (unpaired) electrons. The Morgan fingerprint density at radius 2 is 2.16 bits per heavy atom. The van der Waals surface area contributed by atoms with Crippen LogP contribution < -0.4 is 10.1 Å². The quantitative estimate of drug-likeness (QED) is 0.897. The van der Waals surface area contributed by atoms with Gasteiger partial charge < -0.3 is 14.6 Å². The fourth-order valence-electron chi connectivity index (χ4n) is 2.19. The Bertz CT molecular complexity index is 589. The van der Waals surface area contributed by atoms with E-state index in [1.807, 2.05) is 24.3 Å². The van der Waals surface area contributed by atoms with Crippen molar-refractivity contribution in [1.29, 1.82) is 0 Å². The van der Waals surface area contributed by atoms with Gasteiger partial charge in [-0.15, -0.1) is 0 Å². The summed E-state index contributed by atoms with van der Waals surface area (Å²) < 4.78 is 10.6. The number of hydrogen-bond donors (Lipinski definition) is 1. The lowest BCUT2D eigenvalue weighted by Gasteiger charge is -2.10. The van der Waals surface area contributed by atoms with Crippen molar-refractivity contribution in [2.24, 2.45) is 0 Å². The molecular weight excluding hydrogens is 244 g/mol. The highest BCUT2D eigenvalue weighted by Crippen LogP contribution is 2.29. The highest BCUT2D eigenvalue weighted by atomic mass is 16.5. The summed E-state index contributed by atoms with van der Waals surface area (Å²) in [6.45, 7) is 3.55. The fraction of sp³-hybridized carbons (Fsp3) is 0.286. The molecule has 1 amide bonds. The zero-order valence-electron chi connectivity index (χ0n) is 10.8. The van der Waals surface area contributed by atoms with Gasteiger partial charge in [-0.3, -0.25) is 4.79 Å². The van der Waals surface area contributed by atoms with Crippen LogP contribution in [-0.2, 0) is 11.2 Å². The predicted molar refractivity (Wildman–Crippen MR) is 69.2 cm³/mol. The zero-order valence-corrected chi connectivity index (χ0v) is 10.8. The first-order chi connectivity index (χ1) is 9.15. The third-order valence-electron chi connectivity index (χ3n) is 3.22. The van der Waals surface area contributed by atoms with Crippen LogP contribution in [-0.4, -0.2) is 17.2 Å². The van der Waals surface area contributed by atoms with Crippen molar-refractivity contribution in [2.75, 3.05) is 5.32 Å². The van der Waals surface area contributed by atoms with Gasteiger partial charge in [0.1, 0.15) is 17.1 Å². The molecule has 3 rings (SSSR count). The molecule has 0 saturated carbocycles. The molecular formula is C14H14N2O3. The molecule has 0 fully saturated rings. The predicted octanol–water partition coefficient (Wildman–Crippen LogP) is 2.23. The lowest BCUT2D eigenvalue weighted by Crippen LogP contribution is -2.31. The number of nitrogens with zero attached hydrogens (tertiary/aromatic N) is 1. The number of anilines is 1. The molecule has 0 spiro atoms. The monoisotopic (exact) mass is 258 g/mol. The molecule has 0 unspecified atom stereocenters. The van der Waals surface area contributed by atoms with E-state index in [-0.39, 0.29) is 5.91 Å². The van der Waals surface area contributed by atoms with Crippen molar-refractivity contribution in [3.8, 4) is 5.75 Å². The van der Waals surface area contributed by atoms with Gasteiger partial charge in [0.2, 0.25) is 0 Å². The Kier molecular flexibility index (Phi) is 2.74. The summed E-state index contributed by atoms with van der Waals surface area (Å²) in [4.78, 5) is 12.2. The average molecular weight is 258 g/mol. The van der Waals surface area contributed by atoms with Crippen LogP contribution in [0.15, 0.2) is 28.8 Å². The molecule has 19 heavy (non-hydrogen) atoms. The summed E-state index contributed by atoms with van der Waals surface area (Å²) in [5, 5.41) is 6.62. The Labute approximate surface area is 110 Å². The molecule has 1 aromatic carbocycles. The maximum atomic E-state index is 12.2. The molecule has 2 heterocycles. The zero-order chi connectivity index (χ0) is 13.4. The molecule has 5 nitrogen and oxygen atoms in total. The van der Waals surface area contributed by atoms with Gasteiger partial charge in [-0.2, -0.15) is 0 Å². The number of hydrogen-bond acceptors (Lipinski definition) is 4. The second-order valence-electron chi connectivity index (χ2n) is 4.61. The van der Waals surface area contributed by atoms with E-state index in [1.165, 1.54) is 0 Å². The number of ether oxygens (including phenoxy) is 1. The first-order valence-corrected chi connectivity index (χ1v) is 6.13. The topological polar surface area (TPSA) is 64.4 Å². The minimum atomic E-state index is -0.494. The van der Waals surface area contributed by atoms with Crippen molar-refractivity contribution in [3.63, 3.8) is 0 Å². The third-order valence-corrected chi connectivity index (χ3v) is 3.22. The highest BCUT2D eigenvalue weighted by molar-refractivity contribution is 5.95. The molecule has 2 aromatic rings. The normalized spacial score (nSPS) is 16.8. The summed E-state index contributed by atoms with van der Waals surface area (Å²) >= 11 is 0. The highest BCUT2D eigenvalue weighted by Gasteiger charge is 2.29. The van der Waals surface area contributed by atoms with Crippen LogP contribution in [0.25, 0.3) is 0 Å². The Balaban J connectivity index is 1.74. The minimum Gasteiger partial charge on any atom is -0.480 e. The van der Waals surface area contributed by atoms with Crippen LogP contribution in [0, 0.1) is 13.8 Å². The molecule has 0 bridgehead atoms. The largest absolute Gasteiger partial charge is 0.480 e.